The zero-order chi connectivity index (χ0) is 15.0. The molecule has 3 rings (SSSR count). The van der Waals surface area contributed by atoms with E-state index in [2.05, 4.69) is 16.8 Å². The Morgan fingerprint density at radius 2 is 2.29 bits per heavy atom. The van der Waals surface area contributed by atoms with Crippen LogP contribution in [0.4, 0.5) is 0 Å². The molecule has 1 aliphatic heterocycles. The Hall–Kier alpha value is -1.30. The molecule has 0 amide bonds. The highest BCUT2D eigenvalue weighted by Gasteiger charge is 2.21. The largest absolute Gasteiger partial charge is 0.421 e. The van der Waals surface area contributed by atoms with Crippen molar-refractivity contribution in [1.82, 2.24) is 14.4 Å². The monoisotopic (exact) mass is 309 g/mol. The predicted octanol–water partition coefficient (Wildman–Crippen LogP) is 2.09. The number of oxazole rings is 1. The van der Waals surface area contributed by atoms with Gasteiger partial charge in [-0.2, -0.15) is 0 Å². The highest BCUT2D eigenvalue weighted by atomic mass is 35.5. The lowest BCUT2D eigenvalue weighted by Crippen LogP contribution is -2.32. The molecule has 1 aromatic carbocycles. The molecule has 1 atom stereocenters. The molecule has 1 fully saturated rings. The molecular weight excluding hydrogens is 290 g/mol. The van der Waals surface area contributed by atoms with Crippen LogP contribution < -0.4 is 5.76 Å². The van der Waals surface area contributed by atoms with Gasteiger partial charge in [0.15, 0.2) is 5.58 Å². The van der Waals surface area contributed by atoms with Crippen LogP contribution in [0, 0.1) is 5.92 Å². The second-order valence-corrected chi connectivity index (χ2v) is 6.44. The van der Waals surface area contributed by atoms with Crippen LogP contribution in [0.5, 0.6) is 0 Å². The van der Waals surface area contributed by atoms with E-state index < -0.39 is 0 Å². The van der Waals surface area contributed by atoms with E-state index in [0.717, 1.165) is 25.2 Å². The average molecular weight is 310 g/mol. The molecule has 0 radical (unpaired) electrons. The minimum atomic E-state index is -0.331. The first-order valence-corrected chi connectivity index (χ1v) is 7.56. The molecule has 1 unspecified atom stereocenters. The summed E-state index contributed by atoms with van der Waals surface area (Å²) in [6, 6.07) is 5.29. The van der Waals surface area contributed by atoms with Crippen molar-refractivity contribution >= 4 is 22.7 Å². The Morgan fingerprint density at radius 1 is 1.48 bits per heavy atom. The van der Waals surface area contributed by atoms with Crippen LogP contribution in [0.1, 0.15) is 6.42 Å². The fraction of sp³-hybridized carbons (Fsp3) is 0.533. The predicted molar refractivity (Wildman–Crippen MR) is 83.7 cm³/mol. The smallest absolute Gasteiger partial charge is 0.408 e. The van der Waals surface area contributed by atoms with Crippen molar-refractivity contribution in [2.24, 2.45) is 5.92 Å². The molecule has 1 aromatic heterocycles. The van der Waals surface area contributed by atoms with Gasteiger partial charge in [-0.1, -0.05) is 11.6 Å². The van der Waals surface area contributed by atoms with Crippen molar-refractivity contribution in [1.29, 1.82) is 0 Å². The molecule has 0 saturated carbocycles. The van der Waals surface area contributed by atoms with Crippen LogP contribution in [0.15, 0.2) is 27.4 Å². The molecule has 5 nitrogen and oxygen atoms in total. The van der Waals surface area contributed by atoms with Crippen molar-refractivity contribution in [3.8, 4) is 0 Å². The normalized spacial score (nSPS) is 19.9. The fourth-order valence-corrected chi connectivity index (χ4v) is 3.25. The van der Waals surface area contributed by atoms with E-state index in [9.17, 15) is 4.79 Å². The third kappa shape index (κ3) is 3.15. The zero-order valence-corrected chi connectivity index (χ0v) is 13.1. The lowest BCUT2D eigenvalue weighted by atomic mass is 10.1. The first kappa shape index (κ1) is 14.6. The first-order chi connectivity index (χ1) is 10.0. The minimum absolute atomic E-state index is 0.331. The fourth-order valence-electron chi connectivity index (χ4n) is 3.09. The summed E-state index contributed by atoms with van der Waals surface area (Å²) < 4.78 is 6.91. The number of fused-ring (bicyclic) bond motifs is 1. The topological polar surface area (TPSA) is 41.6 Å². The number of halogens is 1. The SMILES string of the molecule is CN1CCC(CN(C)Cn2c(=O)oc3cc(Cl)ccc32)C1. The van der Waals surface area contributed by atoms with Gasteiger partial charge >= 0.3 is 5.76 Å². The van der Waals surface area contributed by atoms with Crippen LogP contribution >= 0.6 is 11.6 Å². The van der Waals surface area contributed by atoms with E-state index in [-0.39, 0.29) is 5.76 Å². The van der Waals surface area contributed by atoms with Crippen LogP contribution in [0.3, 0.4) is 0 Å². The Kier molecular flexibility index (Phi) is 4.06. The van der Waals surface area contributed by atoms with Crippen LogP contribution in [0.2, 0.25) is 5.02 Å². The molecular formula is C15H20ClN3O2. The van der Waals surface area contributed by atoms with Gasteiger partial charge in [0.05, 0.1) is 12.2 Å². The summed E-state index contributed by atoms with van der Waals surface area (Å²) in [6.45, 7) is 3.80. The molecule has 114 valence electrons. The van der Waals surface area contributed by atoms with Crippen LogP contribution in [-0.4, -0.2) is 48.1 Å². The second kappa shape index (κ2) is 5.83. The van der Waals surface area contributed by atoms with Gasteiger partial charge in [0.1, 0.15) is 0 Å². The Labute approximate surface area is 128 Å². The molecule has 2 aromatic rings. The summed E-state index contributed by atoms with van der Waals surface area (Å²) in [6.07, 6.45) is 1.22. The van der Waals surface area contributed by atoms with Gasteiger partial charge < -0.3 is 9.32 Å². The minimum Gasteiger partial charge on any atom is -0.408 e. The van der Waals surface area contributed by atoms with E-state index in [1.54, 1.807) is 16.7 Å². The maximum atomic E-state index is 12.0. The highest BCUT2D eigenvalue weighted by Crippen LogP contribution is 2.19. The standard InChI is InChI=1S/C15H20ClN3O2/c1-17-6-5-11(8-17)9-18(2)10-19-13-4-3-12(16)7-14(13)21-15(19)20/h3-4,7,11H,5-6,8-10H2,1-2H3. The maximum Gasteiger partial charge on any atom is 0.421 e. The first-order valence-electron chi connectivity index (χ1n) is 7.19. The molecule has 0 N–H and O–H groups in total. The van der Waals surface area contributed by atoms with E-state index >= 15 is 0 Å². The van der Waals surface area contributed by atoms with Gasteiger partial charge in [0, 0.05) is 24.2 Å². The third-order valence-corrected chi connectivity index (χ3v) is 4.31. The molecule has 21 heavy (non-hydrogen) atoms. The van der Waals surface area contributed by atoms with E-state index in [4.69, 9.17) is 16.0 Å². The Bertz CT molecular complexity index is 694. The third-order valence-electron chi connectivity index (χ3n) is 4.07. The lowest BCUT2D eigenvalue weighted by Gasteiger charge is -2.20. The van der Waals surface area contributed by atoms with Gasteiger partial charge in [-0.15, -0.1) is 0 Å². The maximum absolute atomic E-state index is 12.0. The van der Waals surface area contributed by atoms with Crippen molar-refractivity contribution < 1.29 is 4.42 Å². The summed E-state index contributed by atoms with van der Waals surface area (Å²) in [4.78, 5) is 16.5. The van der Waals surface area contributed by atoms with Crippen molar-refractivity contribution in [3.05, 3.63) is 33.8 Å². The number of hydrogen-bond acceptors (Lipinski definition) is 4. The number of aromatic nitrogens is 1. The van der Waals surface area contributed by atoms with Gasteiger partial charge in [0.25, 0.3) is 0 Å². The van der Waals surface area contributed by atoms with E-state index in [0.29, 0.717) is 23.2 Å². The van der Waals surface area contributed by atoms with E-state index in [1.165, 1.54) is 6.42 Å². The van der Waals surface area contributed by atoms with E-state index in [1.807, 2.05) is 13.1 Å². The van der Waals surface area contributed by atoms with Gasteiger partial charge in [-0.05, 0) is 45.1 Å². The molecule has 6 heteroatoms. The molecule has 1 saturated heterocycles. The van der Waals surface area contributed by atoms with Gasteiger partial charge in [0.2, 0.25) is 0 Å². The average Bonchev–Trinajstić information content (AvgIpc) is 2.94. The summed E-state index contributed by atoms with van der Waals surface area (Å²) in [5.41, 5.74) is 1.33. The van der Waals surface area contributed by atoms with Gasteiger partial charge in [-0.3, -0.25) is 9.47 Å². The lowest BCUT2D eigenvalue weighted by molar-refractivity contribution is 0.222. The Morgan fingerprint density at radius 3 is 3.00 bits per heavy atom. The van der Waals surface area contributed by atoms with Crippen molar-refractivity contribution in [2.75, 3.05) is 33.7 Å². The molecule has 0 aliphatic carbocycles. The molecule has 1 aliphatic rings. The summed E-state index contributed by atoms with van der Waals surface area (Å²) in [7, 11) is 4.19. The van der Waals surface area contributed by atoms with Crippen molar-refractivity contribution in [2.45, 2.75) is 13.1 Å². The number of rotatable bonds is 4. The summed E-state index contributed by atoms with van der Waals surface area (Å²) >= 11 is 5.93. The van der Waals surface area contributed by atoms with Gasteiger partial charge in [-0.25, -0.2) is 4.79 Å². The number of hydrogen-bond donors (Lipinski definition) is 0. The van der Waals surface area contributed by atoms with Crippen molar-refractivity contribution in [3.63, 3.8) is 0 Å². The Balaban J connectivity index is 1.75. The zero-order valence-electron chi connectivity index (χ0n) is 12.4. The molecule has 0 spiro atoms. The number of benzene rings is 1. The highest BCUT2D eigenvalue weighted by molar-refractivity contribution is 6.31. The summed E-state index contributed by atoms with van der Waals surface area (Å²) in [5.74, 6) is 0.339. The van der Waals surface area contributed by atoms with Crippen LogP contribution in [0.25, 0.3) is 11.1 Å². The number of likely N-dealkylation sites (tertiary alicyclic amines) is 1. The second-order valence-electron chi connectivity index (χ2n) is 6.01. The number of nitrogens with zero attached hydrogens (tertiary/aromatic N) is 3. The van der Waals surface area contributed by atoms with Crippen LogP contribution in [-0.2, 0) is 6.67 Å². The summed E-state index contributed by atoms with van der Waals surface area (Å²) in [5, 5.41) is 0.575. The quantitative estimate of drug-likeness (QED) is 0.867. The molecule has 0 bridgehead atoms. The molecule has 2 heterocycles.